The Kier molecular flexibility index (Phi) is 2.15. The number of fused-ring (bicyclic) bond motifs is 1. The molecule has 0 amide bonds. The first kappa shape index (κ1) is 9.43. The molecule has 80 valence electrons. The highest BCUT2D eigenvalue weighted by Crippen LogP contribution is 2.30. The largest absolute Gasteiger partial charge is 0.356 e. The topological polar surface area (TPSA) is 53.6 Å². The van der Waals surface area contributed by atoms with E-state index >= 15 is 0 Å². The van der Waals surface area contributed by atoms with Crippen LogP contribution in [-0.2, 0) is 6.54 Å². The molecule has 1 aliphatic rings. The number of nitrogens with one attached hydrogen (secondary N) is 1. The van der Waals surface area contributed by atoms with Crippen LogP contribution in [0.25, 0.3) is 10.6 Å². The van der Waals surface area contributed by atoms with Crippen LogP contribution in [0.3, 0.4) is 0 Å². The maximum absolute atomic E-state index is 9.23. The molecule has 4 nitrogen and oxygen atoms in total. The predicted octanol–water partition coefficient (Wildman–Crippen LogP) is 2.30. The van der Waals surface area contributed by atoms with Crippen LogP contribution in [0, 0.1) is 11.3 Å². The molecular formula is C11H10N4S. The molecule has 3 heterocycles. The van der Waals surface area contributed by atoms with Crippen molar-refractivity contribution in [2.45, 2.75) is 13.0 Å². The van der Waals surface area contributed by atoms with E-state index in [1.54, 1.807) is 11.3 Å². The van der Waals surface area contributed by atoms with E-state index in [9.17, 15) is 5.26 Å². The summed E-state index contributed by atoms with van der Waals surface area (Å²) >= 11 is 1.61. The van der Waals surface area contributed by atoms with Crippen molar-refractivity contribution in [2.24, 2.45) is 0 Å². The van der Waals surface area contributed by atoms with E-state index in [-0.39, 0.29) is 0 Å². The minimum atomic E-state index is 0.671. The minimum absolute atomic E-state index is 0.671. The molecule has 2 aromatic rings. The van der Waals surface area contributed by atoms with E-state index in [2.05, 4.69) is 16.4 Å². The van der Waals surface area contributed by atoms with Gasteiger partial charge < -0.3 is 9.88 Å². The zero-order valence-corrected chi connectivity index (χ0v) is 9.42. The van der Waals surface area contributed by atoms with Crippen molar-refractivity contribution in [1.82, 2.24) is 9.55 Å². The summed E-state index contributed by atoms with van der Waals surface area (Å²) < 4.78 is 1.97. The standard InChI is InChI=1S/C11H10N4S/c12-7-8-10(9-3-1-6-16-9)14-11-13-4-2-5-15(8)11/h1,3,6H,2,4-5H2,(H,13,14). The highest BCUT2D eigenvalue weighted by Gasteiger charge is 2.20. The van der Waals surface area contributed by atoms with Crippen molar-refractivity contribution in [3.8, 4) is 16.6 Å². The van der Waals surface area contributed by atoms with Crippen LogP contribution >= 0.6 is 11.3 Å². The molecular weight excluding hydrogens is 220 g/mol. The van der Waals surface area contributed by atoms with Crippen molar-refractivity contribution < 1.29 is 0 Å². The number of imidazole rings is 1. The molecule has 1 aliphatic heterocycles. The van der Waals surface area contributed by atoms with Crippen LogP contribution in [0.15, 0.2) is 17.5 Å². The lowest BCUT2D eigenvalue weighted by molar-refractivity contribution is 0.622. The van der Waals surface area contributed by atoms with Crippen LogP contribution in [-0.4, -0.2) is 16.1 Å². The molecule has 5 heteroatoms. The van der Waals surface area contributed by atoms with Gasteiger partial charge in [0.05, 0.1) is 4.88 Å². The van der Waals surface area contributed by atoms with Crippen LogP contribution in [0.2, 0.25) is 0 Å². The third-order valence-electron chi connectivity index (χ3n) is 2.67. The summed E-state index contributed by atoms with van der Waals surface area (Å²) in [7, 11) is 0. The number of hydrogen-bond donors (Lipinski definition) is 1. The van der Waals surface area contributed by atoms with Crippen molar-refractivity contribution in [3.05, 3.63) is 23.2 Å². The first-order chi connectivity index (χ1) is 7.90. The molecule has 0 aliphatic carbocycles. The Balaban J connectivity index is 2.19. The Hall–Kier alpha value is -1.80. The molecule has 16 heavy (non-hydrogen) atoms. The van der Waals surface area contributed by atoms with Gasteiger partial charge in [-0.05, 0) is 17.9 Å². The lowest BCUT2D eigenvalue weighted by Crippen LogP contribution is -2.18. The summed E-state index contributed by atoms with van der Waals surface area (Å²) in [4.78, 5) is 5.56. The van der Waals surface area contributed by atoms with Gasteiger partial charge in [0.15, 0.2) is 5.69 Å². The molecule has 0 bridgehead atoms. The fourth-order valence-corrected chi connectivity index (χ4v) is 2.66. The van der Waals surface area contributed by atoms with Gasteiger partial charge in [-0.3, -0.25) is 0 Å². The van der Waals surface area contributed by atoms with Crippen LogP contribution in [0.4, 0.5) is 5.95 Å². The Morgan fingerprint density at radius 2 is 2.50 bits per heavy atom. The monoisotopic (exact) mass is 230 g/mol. The zero-order valence-electron chi connectivity index (χ0n) is 8.60. The van der Waals surface area contributed by atoms with Gasteiger partial charge in [0.25, 0.3) is 0 Å². The minimum Gasteiger partial charge on any atom is -0.356 e. The Bertz CT molecular complexity index is 547. The zero-order chi connectivity index (χ0) is 11.0. The summed E-state index contributed by atoms with van der Waals surface area (Å²) in [6.07, 6.45) is 1.04. The molecule has 0 fully saturated rings. The first-order valence-corrected chi connectivity index (χ1v) is 6.06. The van der Waals surface area contributed by atoms with Crippen molar-refractivity contribution in [2.75, 3.05) is 11.9 Å². The van der Waals surface area contributed by atoms with Crippen LogP contribution in [0.1, 0.15) is 12.1 Å². The van der Waals surface area contributed by atoms with Crippen LogP contribution in [0.5, 0.6) is 0 Å². The van der Waals surface area contributed by atoms with Crippen molar-refractivity contribution in [1.29, 1.82) is 5.26 Å². The highest BCUT2D eigenvalue weighted by atomic mass is 32.1. The molecule has 2 aromatic heterocycles. The number of thiophene rings is 1. The van der Waals surface area contributed by atoms with Gasteiger partial charge in [0.2, 0.25) is 5.95 Å². The summed E-state index contributed by atoms with van der Waals surface area (Å²) in [5.41, 5.74) is 1.48. The van der Waals surface area contributed by atoms with E-state index < -0.39 is 0 Å². The van der Waals surface area contributed by atoms with E-state index in [1.807, 2.05) is 22.1 Å². The normalized spacial score (nSPS) is 13.9. The van der Waals surface area contributed by atoms with Crippen LogP contribution < -0.4 is 5.32 Å². The van der Waals surface area contributed by atoms with E-state index in [0.29, 0.717) is 5.69 Å². The third kappa shape index (κ3) is 1.31. The molecule has 3 rings (SSSR count). The van der Waals surface area contributed by atoms with E-state index in [0.717, 1.165) is 36.0 Å². The van der Waals surface area contributed by atoms with E-state index in [1.165, 1.54) is 0 Å². The molecule has 0 aromatic carbocycles. The van der Waals surface area contributed by atoms with Gasteiger partial charge in [-0.1, -0.05) is 6.07 Å². The Labute approximate surface area is 97.2 Å². The smallest absolute Gasteiger partial charge is 0.204 e. The number of rotatable bonds is 1. The quantitative estimate of drug-likeness (QED) is 0.817. The second kappa shape index (κ2) is 3.65. The van der Waals surface area contributed by atoms with Gasteiger partial charge in [-0.2, -0.15) is 5.26 Å². The molecule has 1 N–H and O–H groups in total. The van der Waals surface area contributed by atoms with Gasteiger partial charge in [0.1, 0.15) is 11.8 Å². The van der Waals surface area contributed by atoms with Crippen molar-refractivity contribution >= 4 is 17.3 Å². The summed E-state index contributed by atoms with van der Waals surface area (Å²) in [6.45, 7) is 1.81. The fraction of sp³-hybridized carbons (Fsp3) is 0.273. The number of aromatic nitrogens is 2. The lowest BCUT2D eigenvalue weighted by atomic mass is 10.3. The van der Waals surface area contributed by atoms with E-state index in [4.69, 9.17) is 0 Å². The highest BCUT2D eigenvalue weighted by molar-refractivity contribution is 7.13. The van der Waals surface area contributed by atoms with Gasteiger partial charge in [-0.15, -0.1) is 11.3 Å². The first-order valence-electron chi connectivity index (χ1n) is 5.18. The Morgan fingerprint density at radius 1 is 1.56 bits per heavy atom. The van der Waals surface area contributed by atoms with Gasteiger partial charge >= 0.3 is 0 Å². The molecule has 0 spiro atoms. The number of hydrogen-bond acceptors (Lipinski definition) is 4. The molecule has 0 unspecified atom stereocenters. The molecule has 0 saturated heterocycles. The average Bonchev–Trinajstić information content (AvgIpc) is 2.95. The third-order valence-corrected chi connectivity index (χ3v) is 3.55. The van der Waals surface area contributed by atoms with Crippen molar-refractivity contribution in [3.63, 3.8) is 0 Å². The number of anilines is 1. The summed E-state index contributed by atoms with van der Waals surface area (Å²) in [6, 6.07) is 6.24. The second-order valence-corrected chi connectivity index (χ2v) is 4.60. The average molecular weight is 230 g/mol. The summed E-state index contributed by atoms with van der Waals surface area (Å²) in [5.74, 6) is 0.825. The summed E-state index contributed by atoms with van der Waals surface area (Å²) in [5, 5.41) is 14.5. The fourth-order valence-electron chi connectivity index (χ4n) is 1.94. The Morgan fingerprint density at radius 3 is 3.25 bits per heavy atom. The van der Waals surface area contributed by atoms with Gasteiger partial charge in [-0.25, -0.2) is 4.98 Å². The molecule has 0 radical (unpaired) electrons. The molecule has 0 atom stereocenters. The maximum Gasteiger partial charge on any atom is 0.204 e. The molecule has 0 saturated carbocycles. The predicted molar refractivity (Wildman–Crippen MR) is 63.4 cm³/mol. The lowest BCUT2D eigenvalue weighted by Gasteiger charge is -2.15. The van der Waals surface area contributed by atoms with Gasteiger partial charge in [0, 0.05) is 13.1 Å². The number of nitriles is 1. The second-order valence-electron chi connectivity index (χ2n) is 3.65. The number of nitrogens with zero attached hydrogens (tertiary/aromatic N) is 3. The maximum atomic E-state index is 9.23. The SMILES string of the molecule is N#Cc1c(-c2cccs2)nc2n1CCCN2.